The van der Waals surface area contributed by atoms with Crippen LogP contribution in [0.1, 0.15) is 99.8 Å². The summed E-state index contributed by atoms with van der Waals surface area (Å²) in [5.41, 5.74) is 2.54. The molecule has 0 aromatic carbocycles. The van der Waals surface area contributed by atoms with Crippen molar-refractivity contribution in [1.82, 2.24) is 4.90 Å². The minimum absolute atomic E-state index is 0.250. The van der Waals surface area contributed by atoms with Crippen molar-refractivity contribution < 1.29 is 19.4 Å². The highest BCUT2D eigenvalue weighted by atomic mass is 32.1. The summed E-state index contributed by atoms with van der Waals surface area (Å²) in [6, 6.07) is 0.463. The third kappa shape index (κ3) is 10.2. The fraction of sp³-hybridized carbons (Fsp3) is 0.750. The Balaban J connectivity index is 0.00000141. The zero-order valence-electron chi connectivity index (χ0n) is 22.8. The van der Waals surface area contributed by atoms with Crippen molar-refractivity contribution in [3.8, 4) is 0 Å². The van der Waals surface area contributed by atoms with E-state index in [1.807, 2.05) is 34.6 Å². The van der Waals surface area contributed by atoms with Gasteiger partial charge < -0.3 is 19.5 Å². The number of rotatable bonds is 5. The zero-order valence-corrected chi connectivity index (χ0v) is 23.7. The van der Waals surface area contributed by atoms with Gasteiger partial charge in [0.15, 0.2) is 5.79 Å². The fourth-order valence-corrected chi connectivity index (χ4v) is 5.13. The second-order valence-electron chi connectivity index (χ2n) is 8.76. The van der Waals surface area contributed by atoms with Crippen LogP contribution in [0, 0.1) is 11.8 Å². The molecule has 3 fully saturated rings. The molecule has 2 saturated carbocycles. The second-order valence-corrected chi connectivity index (χ2v) is 9.47. The quantitative estimate of drug-likeness (QED) is 0.230. The molecule has 1 spiro atoms. The Labute approximate surface area is 215 Å². The number of allylic oxidation sites excluding steroid dienone is 4. The maximum atomic E-state index is 8.36. The van der Waals surface area contributed by atoms with E-state index in [-0.39, 0.29) is 12.3 Å². The van der Waals surface area contributed by atoms with Crippen LogP contribution in [0.4, 0.5) is 0 Å². The van der Waals surface area contributed by atoms with E-state index in [1.54, 1.807) is 0 Å². The fourth-order valence-electron chi connectivity index (χ4n) is 4.99. The molecule has 0 amide bonds. The summed E-state index contributed by atoms with van der Waals surface area (Å²) in [6.45, 7) is 20.4. The Kier molecular flexibility index (Phi) is 17.4. The third-order valence-electron chi connectivity index (χ3n) is 6.62. The van der Waals surface area contributed by atoms with E-state index in [4.69, 9.17) is 19.4 Å². The van der Waals surface area contributed by atoms with Gasteiger partial charge in [0, 0.05) is 30.3 Å². The molecule has 1 N–H and O–H groups in total. The van der Waals surface area contributed by atoms with Crippen molar-refractivity contribution in [3.05, 3.63) is 35.0 Å². The molecule has 0 aromatic heterocycles. The van der Waals surface area contributed by atoms with Crippen LogP contribution < -0.4 is 0 Å². The molecule has 2 aliphatic carbocycles. The van der Waals surface area contributed by atoms with Crippen LogP contribution in [0.2, 0.25) is 0 Å². The molecule has 0 bridgehead atoms. The first kappa shape index (κ1) is 32.8. The Morgan fingerprint density at radius 3 is 1.91 bits per heavy atom. The molecule has 1 saturated heterocycles. The first-order valence-electron chi connectivity index (χ1n) is 13.2. The van der Waals surface area contributed by atoms with E-state index in [1.165, 1.54) is 37.1 Å². The maximum absolute atomic E-state index is 8.36. The molecule has 0 radical (unpaired) electrons. The molecule has 3 rings (SSSR count). The number of hydrogen-bond donors (Lipinski definition) is 2. The lowest BCUT2D eigenvalue weighted by molar-refractivity contribution is -0.182. The highest BCUT2D eigenvalue weighted by molar-refractivity contribution is 7.84. The molecular formula is C28H51NO4S. The lowest BCUT2D eigenvalue weighted by Crippen LogP contribution is -2.44. The molecule has 198 valence electrons. The number of nitrogens with zero attached hydrogens (tertiary/aromatic N) is 1. The van der Waals surface area contributed by atoms with Crippen LogP contribution in [-0.2, 0) is 14.3 Å². The van der Waals surface area contributed by atoms with E-state index in [9.17, 15) is 0 Å². The summed E-state index contributed by atoms with van der Waals surface area (Å²) in [7, 11) is 0. The van der Waals surface area contributed by atoms with Gasteiger partial charge in [-0.1, -0.05) is 60.1 Å². The number of hydrogen-bond acceptors (Lipinski definition) is 5. The lowest BCUT2D eigenvalue weighted by atomic mass is 9.80. The molecule has 0 aromatic rings. The van der Waals surface area contributed by atoms with Gasteiger partial charge >= 0.3 is 0 Å². The van der Waals surface area contributed by atoms with Gasteiger partial charge in [-0.3, -0.25) is 4.79 Å². The van der Waals surface area contributed by atoms with E-state index in [0.29, 0.717) is 12.0 Å². The maximum Gasteiger partial charge on any atom is 0.290 e. The molecule has 1 heterocycles. The zero-order chi connectivity index (χ0) is 26.1. The smallest absolute Gasteiger partial charge is 0.290 e. The van der Waals surface area contributed by atoms with Crippen molar-refractivity contribution >= 4 is 19.1 Å². The van der Waals surface area contributed by atoms with Crippen molar-refractivity contribution in [2.75, 3.05) is 13.2 Å². The lowest BCUT2D eigenvalue weighted by Gasteiger charge is -2.45. The minimum atomic E-state index is -0.310. The summed E-state index contributed by atoms with van der Waals surface area (Å²) >= 11 is 4.55. The average molecular weight is 498 g/mol. The van der Waals surface area contributed by atoms with Gasteiger partial charge in [-0.25, -0.2) is 0 Å². The molecule has 3 aliphatic rings. The van der Waals surface area contributed by atoms with E-state index in [0.717, 1.165) is 49.7 Å². The standard InChI is InChI=1S/C23H37NO2S.2C2H6.CH2O2/c1-5-21(16-18(3)27)24(19(4)20-8-6-17(2)7-9-20)22-10-12-23(13-11-22)25-14-15-26-23;2*1-2;2-1-3/h5,16-17,20,22,27H,4,6-15H2,1-3H3;2*1-2H3;1H,(H,2,3)/b18-16-,21-5-;;;. The van der Waals surface area contributed by atoms with Crippen molar-refractivity contribution in [1.29, 1.82) is 0 Å². The average Bonchev–Trinajstić information content (AvgIpc) is 3.31. The monoisotopic (exact) mass is 497 g/mol. The second kappa shape index (κ2) is 18.1. The van der Waals surface area contributed by atoms with Gasteiger partial charge in [0.2, 0.25) is 0 Å². The molecule has 6 heteroatoms. The summed E-state index contributed by atoms with van der Waals surface area (Å²) in [5.74, 6) is 1.14. The summed E-state index contributed by atoms with van der Waals surface area (Å²) in [5, 5.41) is 6.89. The summed E-state index contributed by atoms with van der Waals surface area (Å²) in [4.78, 5) is 11.9. The molecule has 34 heavy (non-hydrogen) atoms. The first-order chi connectivity index (χ1) is 16.4. The van der Waals surface area contributed by atoms with Crippen LogP contribution in [0.5, 0.6) is 0 Å². The number of thiol groups is 1. The van der Waals surface area contributed by atoms with E-state index >= 15 is 0 Å². The number of carbonyl (C=O) groups is 1. The third-order valence-corrected chi connectivity index (χ3v) is 6.75. The summed E-state index contributed by atoms with van der Waals surface area (Å²) < 4.78 is 11.9. The Bertz CT molecular complexity index is 618. The summed E-state index contributed by atoms with van der Waals surface area (Å²) in [6.07, 6.45) is 13.7. The van der Waals surface area contributed by atoms with Gasteiger partial charge in [-0.05, 0) is 62.3 Å². The highest BCUT2D eigenvalue weighted by Gasteiger charge is 2.42. The predicted octanol–water partition coefficient (Wildman–Crippen LogP) is 7.80. The SMILES string of the molecule is C=C(C1CCC(C)CC1)N(C(/C=C(/C)S)=C\C)C1CCC2(CC1)OCCO2.CC.CC.O=CO. The van der Waals surface area contributed by atoms with Crippen LogP contribution in [0.15, 0.2) is 35.0 Å². The topological polar surface area (TPSA) is 59.0 Å². The van der Waals surface area contributed by atoms with Gasteiger partial charge in [0.1, 0.15) is 0 Å². The Morgan fingerprint density at radius 1 is 1.03 bits per heavy atom. The Hall–Kier alpha value is -1.24. The van der Waals surface area contributed by atoms with Gasteiger partial charge in [0.05, 0.1) is 13.2 Å². The predicted molar refractivity (Wildman–Crippen MR) is 147 cm³/mol. The van der Waals surface area contributed by atoms with E-state index in [2.05, 4.69) is 50.1 Å². The minimum Gasteiger partial charge on any atom is -0.483 e. The highest BCUT2D eigenvalue weighted by Crippen LogP contribution is 2.42. The van der Waals surface area contributed by atoms with Crippen molar-refractivity contribution in [2.24, 2.45) is 11.8 Å². The van der Waals surface area contributed by atoms with Crippen LogP contribution >= 0.6 is 12.6 Å². The van der Waals surface area contributed by atoms with E-state index < -0.39 is 0 Å². The van der Waals surface area contributed by atoms with Gasteiger partial charge in [-0.2, -0.15) is 0 Å². The Morgan fingerprint density at radius 2 is 1.50 bits per heavy atom. The van der Waals surface area contributed by atoms with Gasteiger partial charge in [0.25, 0.3) is 6.47 Å². The molecule has 0 unspecified atom stereocenters. The van der Waals surface area contributed by atoms with Crippen molar-refractivity contribution in [2.45, 2.75) is 112 Å². The first-order valence-corrected chi connectivity index (χ1v) is 13.7. The largest absolute Gasteiger partial charge is 0.483 e. The molecule has 1 aliphatic heterocycles. The number of ether oxygens (including phenoxy) is 2. The molecular weight excluding hydrogens is 446 g/mol. The van der Waals surface area contributed by atoms with Gasteiger partial charge in [-0.15, -0.1) is 12.6 Å². The van der Waals surface area contributed by atoms with Crippen molar-refractivity contribution in [3.63, 3.8) is 0 Å². The van der Waals surface area contributed by atoms with Crippen LogP contribution in [-0.4, -0.2) is 41.5 Å². The van der Waals surface area contributed by atoms with Crippen LogP contribution in [0.3, 0.4) is 0 Å². The molecule has 5 nitrogen and oxygen atoms in total. The molecule has 0 atom stereocenters. The van der Waals surface area contributed by atoms with Crippen LogP contribution in [0.25, 0.3) is 0 Å². The normalized spacial score (nSPS) is 24.5. The number of carboxylic acid groups (broad SMARTS) is 1.